The number of anilines is 1. The van der Waals surface area contributed by atoms with E-state index in [2.05, 4.69) is 9.62 Å². The molecule has 1 N–H and O–H groups in total. The summed E-state index contributed by atoms with van der Waals surface area (Å²) in [6.45, 7) is 9.33. The predicted molar refractivity (Wildman–Crippen MR) is 125 cm³/mol. The van der Waals surface area contributed by atoms with Gasteiger partial charge < -0.3 is 4.90 Å². The van der Waals surface area contributed by atoms with Gasteiger partial charge in [0.15, 0.2) is 0 Å². The standard InChI is InChI=1S/C23H30ClN3O3S/c1-5-26(6-2)23(20-9-7-8-10-21(20)24)15-25-31(29,30)19-11-12-22-18(14-19)13-16(3)27(22)17(4)28/h7-12,14,16,23,25H,5-6,13,15H2,1-4H3/t16-,23-/m0/s1. The largest absolute Gasteiger partial charge is 0.309 e. The molecule has 0 unspecified atom stereocenters. The van der Waals surface area contributed by atoms with Crippen LogP contribution in [0.1, 0.15) is 44.9 Å². The molecule has 0 aromatic heterocycles. The maximum Gasteiger partial charge on any atom is 0.240 e. The highest BCUT2D eigenvalue weighted by Crippen LogP contribution is 2.34. The summed E-state index contributed by atoms with van der Waals surface area (Å²) < 4.78 is 29.0. The Bertz CT molecular complexity index is 1050. The molecule has 3 rings (SSSR count). The Morgan fingerprint density at radius 1 is 1.23 bits per heavy atom. The molecule has 1 heterocycles. The maximum atomic E-state index is 13.1. The van der Waals surface area contributed by atoms with Crippen LogP contribution in [-0.4, -0.2) is 44.9 Å². The fraction of sp³-hybridized carbons (Fsp3) is 0.435. The van der Waals surface area contributed by atoms with Crippen molar-refractivity contribution in [1.29, 1.82) is 0 Å². The van der Waals surface area contributed by atoms with E-state index >= 15 is 0 Å². The summed E-state index contributed by atoms with van der Waals surface area (Å²) in [6.07, 6.45) is 0.639. The molecule has 0 fully saturated rings. The van der Waals surface area contributed by atoms with Gasteiger partial charge in [-0.15, -0.1) is 0 Å². The highest BCUT2D eigenvalue weighted by molar-refractivity contribution is 7.89. The molecule has 8 heteroatoms. The van der Waals surface area contributed by atoms with Crippen molar-refractivity contribution in [2.24, 2.45) is 0 Å². The number of hydrogen-bond acceptors (Lipinski definition) is 4. The fourth-order valence-corrected chi connectivity index (χ4v) is 5.72. The van der Waals surface area contributed by atoms with E-state index in [0.29, 0.717) is 11.4 Å². The van der Waals surface area contributed by atoms with Gasteiger partial charge in [-0.1, -0.05) is 43.6 Å². The van der Waals surface area contributed by atoms with Crippen LogP contribution in [0.2, 0.25) is 5.02 Å². The Kier molecular flexibility index (Phi) is 7.42. The number of carbonyl (C=O) groups excluding carboxylic acids is 1. The van der Waals surface area contributed by atoms with Gasteiger partial charge in [0.05, 0.1) is 4.90 Å². The van der Waals surface area contributed by atoms with Gasteiger partial charge in [0.25, 0.3) is 0 Å². The van der Waals surface area contributed by atoms with Crippen LogP contribution in [0.25, 0.3) is 0 Å². The van der Waals surface area contributed by atoms with Gasteiger partial charge in [0.1, 0.15) is 0 Å². The fourth-order valence-electron chi connectivity index (χ4n) is 4.37. The SMILES string of the molecule is CCN(CC)[C@@H](CNS(=O)(=O)c1ccc2c(c1)C[C@H](C)N2C(C)=O)c1ccccc1Cl. The summed E-state index contributed by atoms with van der Waals surface area (Å²) in [5, 5.41) is 0.620. The van der Waals surface area contributed by atoms with Gasteiger partial charge in [-0.05, 0) is 61.8 Å². The third-order valence-electron chi connectivity index (χ3n) is 5.90. The van der Waals surface area contributed by atoms with Crippen LogP contribution in [0.3, 0.4) is 0 Å². The molecule has 0 spiro atoms. The van der Waals surface area contributed by atoms with Crippen molar-refractivity contribution >= 4 is 33.2 Å². The second-order valence-corrected chi connectivity index (χ2v) is 10.0. The first-order valence-corrected chi connectivity index (χ1v) is 12.5. The average molecular weight is 464 g/mol. The first-order chi connectivity index (χ1) is 14.7. The molecule has 6 nitrogen and oxygen atoms in total. The molecular formula is C23H30ClN3O3S. The van der Waals surface area contributed by atoms with Crippen LogP contribution in [0.4, 0.5) is 5.69 Å². The van der Waals surface area contributed by atoms with Crippen molar-refractivity contribution in [3.63, 3.8) is 0 Å². The third-order valence-corrected chi connectivity index (χ3v) is 7.67. The minimum Gasteiger partial charge on any atom is -0.309 e. The van der Waals surface area contributed by atoms with E-state index in [9.17, 15) is 13.2 Å². The van der Waals surface area contributed by atoms with Crippen molar-refractivity contribution in [2.45, 2.75) is 51.1 Å². The number of halogens is 1. The lowest BCUT2D eigenvalue weighted by molar-refractivity contribution is -0.116. The van der Waals surface area contributed by atoms with Crippen molar-refractivity contribution in [2.75, 3.05) is 24.5 Å². The minimum absolute atomic E-state index is 0.0192. The number of hydrogen-bond donors (Lipinski definition) is 1. The van der Waals surface area contributed by atoms with E-state index in [1.54, 1.807) is 23.1 Å². The molecule has 0 bridgehead atoms. The highest BCUT2D eigenvalue weighted by Gasteiger charge is 2.30. The zero-order chi connectivity index (χ0) is 22.8. The second kappa shape index (κ2) is 9.69. The van der Waals surface area contributed by atoms with E-state index < -0.39 is 10.0 Å². The van der Waals surface area contributed by atoms with E-state index in [-0.39, 0.29) is 29.4 Å². The van der Waals surface area contributed by atoms with Crippen LogP contribution in [-0.2, 0) is 21.2 Å². The molecule has 0 radical (unpaired) electrons. The zero-order valence-corrected chi connectivity index (χ0v) is 20.0. The monoisotopic (exact) mass is 463 g/mol. The Balaban J connectivity index is 1.85. The second-order valence-electron chi connectivity index (χ2n) is 7.84. The van der Waals surface area contributed by atoms with Gasteiger partial charge in [0.2, 0.25) is 15.9 Å². The number of carbonyl (C=O) groups is 1. The average Bonchev–Trinajstić information content (AvgIpc) is 3.07. The summed E-state index contributed by atoms with van der Waals surface area (Å²) >= 11 is 6.42. The number of amides is 1. The van der Waals surface area contributed by atoms with Crippen LogP contribution < -0.4 is 9.62 Å². The number of fused-ring (bicyclic) bond motifs is 1. The number of rotatable bonds is 8. The van der Waals surface area contributed by atoms with Crippen molar-refractivity contribution in [1.82, 2.24) is 9.62 Å². The lowest BCUT2D eigenvalue weighted by Gasteiger charge is -2.30. The molecule has 2 atom stereocenters. The van der Waals surface area contributed by atoms with Crippen molar-refractivity contribution < 1.29 is 13.2 Å². The Morgan fingerprint density at radius 3 is 2.52 bits per heavy atom. The van der Waals surface area contributed by atoms with Crippen LogP contribution in [0.5, 0.6) is 0 Å². The normalized spacial score (nSPS) is 17.1. The summed E-state index contributed by atoms with van der Waals surface area (Å²) in [5.74, 6) is -0.0400. The van der Waals surface area contributed by atoms with E-state index in [4.69, 9.17) is 11.6 Å². The van der Waals surface area contributed by atoms with Gasteiger partial charge >= 0.3 is 0 Å². The predicted octanol–water partition coefficient (Wildman–Crippen LogP) is 4.00. The van der Waals surface area contributed by atoms with Crippen molar-refractivity contribution in [3.05, 3.63) is 58.6 Å². The van der Waals surface area contributed by atoms with E-state index in [1.165, 1.54) is 6.92 Å². The zero-order valence-electron chi connectivity index (χ0n) is 18.4. The van der Waals surface area contributed by atoms with E-state index in [0.717, 1.165) is 29.9 Å². The van der Waals surface area contributed by atoms with Gasteiger partial charge in [-0.3, -0.25) is 9.69 Å². The molecule has 0 saturated carbocycles. The van der Waals surface area contributed by atoms with Gasteiger partial charge in [-0.2, -0.15) is 0 Å². The Morgan fingerprint density at radius 2 is 1.90 bits per heavy atom. The lowest BCUT2D eigenvalue weighted by Crippen LogP contribution is -2.38. The Hall–Kier alpha value is -1.93. The Labute approximate surface area is 190 Å². The first-order valence-electron chi connectivity index (χ1n) is 10.6. The molecular weight excluding hydrogens is 434 g/mol. The molecule has 0 aliphatic carbocycles. The molecule has 2 aromatic carbocycles. The van der Waals surface area contributed by atoms with Gasteiger partial charge in [0, 0.05) is 36.3 Å². The number of benzene rings is 2. The molecule has 1 aliphatic rings. The number of nitrogens with one attached hydrogen (secondary N) is 1. The lowest BCUT2D eigenvalue weighted by atomic mass is 10.1. The summed E-state index contributed by atoms with van der Waals surface area (Å²) in [7, 11) is -3.73. The molecule has 2 aromatic rings. The summed E-state index contributed by atoms with van der Waals surface area (Å²) in [4.78, 5) is 16.0. The van der Waals surface area contributed by atoms with Crippen LogP contribution in [0, 0.1) is 0 Å². The van der Waals surface area contributed by atoms with E-state index in [1.807, 2.05) is 45.0 Å². The minimum atomic E-state index is -3.73. The molecule has 0 saturated heterocycles. The third kappa shape index (κ3) is 4.95. The maximum absolute atomic E-state index is 13.1. The number of sulfonamides is 1. The molecule has 1 amide bonds. The summed E-state index contributed by atoms with van der Waals surface area (Å²) in [5.41, 5.74) is 2.56. The summed E-state index contributed by atoms with van der Waals surface area (Å²) in [6, 6.07) is 12.4. The molecule has 168 valence electrons. The van der Waals surface area contributed by atoms with Crippen LogP contribution in [0.15, 0.2) is 47.4 Å². The topological polar surface area (TPSA) is 69.7 Å². The smallest absolute Gasteiger partial charge is 0.240 e. The highest BCUT2D eigenvalue weighted by atomic mass is 35.5. The van der Waals surface area contributed by atoms with Crippen molar-refractivity contribution in [3.8, 4) is 0 Å². The number of likely N-dealkylation sites (N-methyl/N-ethyl adjacent to an activating group) is 1. The number of nitrogens with zero attached hydrogens (tertiary/aromatic N) is 2. The molecule has 31 heavy (non-hydrogen) atoms. The van der Waals surface area contributed by atoms with Crippen LogP contribution >= 0.6 is 11.6 Å². The first kappa shape index (κ1) is 23.7. The molecule has 1 aliphatic heterocycles. The quantitative estimate of drug-likeness (QED) is 0.642. The van der Waals surface area contributed by atoms with Gasteiger partial charge in [-0.25, -0.2) is 13.1 Å².